The quantitative estimate of drug-likeness (QED) is 0.173. The van der Waals surface area contributed by atoms with E-state index in [0.717, 1.165) is 61.2 Å². The van der Waals surface area contributed by atoms with Crippen molar-refractivity contribution in [1.82, 2.24) is 4.98 Å². The van der Waals surface area contributed by atoms with E-state index in [0.29, 0.717) is 0 Å². The van der Waals surface area contributed by atoms with Crippen LogP contribution in [0.1, 0.15) is 22.3 Å². The van der Waals surface area contributed by atoms with Crippen LogP contribution >= 0.6 is 0 Å². The van der Waals surface area contributed by atoms with E-state index < -0.39 is 5.41 Å². The standard InChI is InChI=1S/C52H34N2O/c1-4-17-35(18-5-1)40-24-12-15-29-47(40)54(48-30-16-26-43-50-49(55-51(43)48)33-36-19-10-14-28-46(36)53-50)39-31-32-42-41-25-11-13-27-44(41)52(45(42)34-39,37-20-6-2-7-21-37)38-22-8-3-9-23-38/h1-34H. The number of fused-ring (bicyclic) bond motifs is 7. The molecule has 0 amide bonds. The van der Waals surface area contributed by atoms with Gasteiger partial charge in [-0.3, -0.25) is 0 Å². The molecule has 0 bridgehead atoms. The number of para-hydroxylation sites is 3. The molecule has 0 radical (unpaired) electrons. The normalized spacial score (nSPS) is 12.9. The number of rotatable bonds is 6. The first-order valence-corrected chi connectivity index (χ1v) is 18.8. The molecule has 0 fully saturated rings. The van der Waals surface area contributed by atoms with Crippen LogP contribution in [0.3, 0.4) is 0 Å². The average molecular weight is 703 g/mol. The van der Waals surface area contributed by atoms with E-state index in [2.05, 4.69) is 199 Å². The number of pyridine rings is 1. The maximum Gasteiger partial charge on any atom is 0.161 e. The summed E-state index contributed by atoms with van der Waals surface area (Å²) in [5.74, 6) is 0. The smallest absolute Gasteiger partial charge is 0.161 e. The molecular formula is C52H34N2O. The van der Waals surface area contributed by atoms with Crippen molar-refractivity contribution in [2.45, 2.75) is 5.41 Å². The fourth-order valence-electron chi connectivity index (χ4n) is 8.98. The Kier molecular flexibility index (Phi) is 7.08. The third-order valence-corrected chi connectivity index (χ3v) is 11.3. The molecule has 0 saturated carbocycles. The van der Waals surface area contributed by atoms with Gasteiger partial charge >= 0.3 is 0 Å². The van der Waals surface area contributed by atoms with Gasteiger partial charge in [-0.15, -0.1) is 0 Å². The molecule has 11 rings (SSSR count). The monoisotopic (exact) mass is 702 g/mol. The molecule has 0 unspecified atom stereocenters. The number of hydrogen-bond donors (Lipinski definition) is 0. The van der Waals surface area contributed by atoms with Crippen molar-refractivity contribution in [3.05, 3.63) is 229 Å². The molecule has 0 atom stereocenters. The van der Waals surface area contributed by atoms with Gasteiger partial charge in [0.15, 0.2) is 11.2 Å². The summed E-state index contributed by atoms with van der Waals surface area (Å²) in [6.45, 7) is 0. The molecule has 55 heavy (non-hydrogen) atoms. The number of benzene rings is 8. The number of hydrogen-bond acceptors (Lipinski definition) is 3. The first kappa shape index (κ1) is 31.3. The third kappa shape index (κ3) is 4.73. The predicted molar refractivity (Wildman–Crippen MR) is 226 cm³/mol. The van der Waals surface area contributed by atoms with Gasteiger partial charge in [0.25, 0.3) is 0 Å². The summed E-state index contributed by atoms with van der Waals surface area (Å²) in [6.07, 6.45) is 0. The molecule has 3 heteroatoms. The van der Waals surface area contributed by atoms with Crippen molar-refractivity contribution in [3.8, 4) is 22.3 Å². The van der Waals surface area contributed by atoms with Crippen molar-refractivity contribution in [1.29, 1.82) is 0 Å². The lowest BCUT2D eigenvalue weighted by molar-refractivity contribution is 0.669. The van der Waals surface area contributed by atoms with E-state index in [1.54, 1.807) is 0 Å². The lowest BCUT2D eigenvalue weighted by atomic mass is 9.67. The number of nitrogens with zero attached hydrogens (tertiary/aromatic N) is 2. The zero-order valence-electron chi connectivity index (χ0n) is 29.9. The Labute approximate surface area is 319 Å². The summed E-state index contributed by atoms with van der Waals surface area (Å²) < 4.78 is 6.88. The van der Waals surface area contributed by atoms with Crippen LogP contribution in [0.2, 0.25) is 0 Å². The third-order valence-electron chi connectivity index (χ3n) is 11.3. The molecule has 0 spiro atoms. The van der Waals surface area contributed by atoms with Crippen molar-refractivity contribution in [2.24, 2.45) is 0 Å². The van der Waals surface area contributed by atoms with E-state index in [1.165, 1.54) is 33.4 Å². The zero-order chi connectivity index (χ0) is 36.3. The van der Waals surface area contributed by atoms with Crippen molar-refractivity contribution < 1.29 is 4.42 Å². The second kappa shape index (κ2) is 12.4. The Morgan fingerprint density at radius 3 is 1.85 bits per heavy atom. The lowest BCUT2D eigenvalue weighted by Gasteiger charge is -2.35. The van der Waals surface area contributed by atoms with E-state index in [9.17, 15) is 0 Å². The van der Waals surface area contributed by atoms with Crippen LogP contribution in [0.5, 0.6) is 0 Å². The molecule has 0 N–H and O–H groups in total. The van der Waals surface area contributed by atoms with E-state index >= 15 is 0 Å². The summed E-state index contributed by atoms with van der Waals surface area (Å²) in [5, 5.41) is 2.04. The average Bonchev–Trinajstić information content (AvgIpc) is 3.77. The predicted octanol–water partition coefficient (Wildman–Crippen LogP) is 13.6. The summed E-state index contributed by atoms with van der Waals surface area (Å²) in [5.41, 5.74) is 15.6. The van der Waals surface area contributed by atoms with Gasteiger partial charge in [0.05, 0.1) is 22.3 Å². The number of furan rings is 1. The second-order valence-electron chi connectivity index (χ2n) is 14.3. The minimum absolute atomic E-state index is 0.537. The molecule has 258 valence electrons. The van der Waals surface area contributed by atoms with E-state index in [1.807, 2.05) is 12.1 Å². The number of aromatic nitrogens is 1. The Bertz CT molecular complexity index is 3000. The highest BCUT2D eigenvalue weighted by Gasteiger charge is 2.46. The number of anilines is 3. The van der Waals surface area contributed by atoms with Gasteiger partial charge in [-0.2, -0.15) is 0 Å². The molecule has 1 aliphatic rings. The largest absolute Gasteiger partial charge is 0.452 e. The molecule has 0 saturated heterocycles. The Balaban J connectivity index is 1.23. The van der Waals surface area contributed by atoms with Crippen LogP contribution < -0.4 is 4.90 Å². The summed E-state index contributed by atoms with van der Waals surface area (Å²) in [6, 6.07) is 74.0. The molecule has 2 aromatic heterocycles. The topological polar surface area (TPSA) is 29.3 Å². The first-order chi connectivity index (χ1) is 27.3. The zero-order valence-corrected chi connectivity index (χ0v) is 29.9. The molecule has 0 aliphatic heterocycles. The molecule has 1 aliphatic carbocycles. The minimum atomic E-state index is -0.537. The van der Waals surface area contributed by atoms with Gasteiger partial charge in [0, 0.05) is 22.0 Å². The van der Waals surface area contributed by atoms with Crippen molar-refractivity contribution in [3.63, 3.8) is 0 Å². The van der Waals surface area contributed by atoms with Crippen LogP contribution in [-0.4, -0.2) is 4.98 Å². The maximum atomic E-state index is 6.88. The highest BCUT2D eigenvalue weighted by molar-refractivity contribution is 6.11. The Hall–Kier alpha value is -7.23. The maximum absolute atomic E-state index is 6.88. The van der Waals surface area contributed by atoms with E-state index in [4.69, 9.17) is 9.40 Å². The van der Waals surface area contributed by atoms with Crippen LogP contribution in [-0.2, 0) is 5.41 Å². The molecule has 10 aromatic rings. The Morgan fingerprint density at radius 2 is 1.07 bits per heavy atom. The molecule has 3 nitrogen and oxygen atoms in total. The van der Waals surface area contributed by atoms with Crippen LogP contribution in [0.15, 0.2) is 211 Å². The summed E-state index contributed by atoms with van der Waals surface area (Å²) in [7, 11) is 0. The first-order valence-electron chi connectivity index (χ1n) is 18.8. The summed E-state index contributed by atoms with van der Waals surface area (Å²) >= 11 is 0. The molecule has 2 heterocycles. The lowest BCUT2D eigenvalue weighted by Crippen LogP contribution is -2.28. The summed E-state index contributed by atoms with van der Waals surface area (Å²) in [4.78, 5) is 7.51. The molecular weight excluding hydrogens is 669 g/mol. The van der Waals surface area contributed by atoms with Gasteiger partial charge in [-0.25, -0.2) is 4.98 Å². The SMILES string of the molecule is c1ccc(-c2ccccc2N(c2ccc3c(c2)C(c2ccccc2)(c2ccccc2)c2ccccc2-3)c2cccc3c2oc2cc4ccccc4nc23)cc1. The van der Waals surface area contributed by atoms with Gasteiger partial charge < -0.3 is 9.32 Å². The minimum Gasteiger partial charge on any atom is -0.452 e. The fourth-order valence-corrected chi connectivity index (χ4v) is 8.98. The highest BCUT2D eigenvalue weighted by Crippen LogP contribution is 2.57. The van der Waals surface area contributed by atoms with Gasteiger partial charge in [0.1, 0.15) is 5.52 Å². The van der Waals surface area contributed by atoms with Gasteiger partial charge in [-0.1, -0.05) is 164 Å². The Morgan fingerprint density at radius 1 is 0.455 bits per heavy atom. The van der Waals surface area contributed by atoms with E-state index in [-0.39, 0.29) is 0 Å². The highest BCUT2D eigenvalue weighted by atomic mass is 16.3. The van der Waals surface area contributed by atoms with Gasteiger partial charge in [0.2, 0.25) is 0 Å². The van der Waals surface area contributed by atoms with Gasteiger partial charge in [-0.05, 0) is 81.4 Å². The van der Waals surface area contributed by atoms with Crippen molar-refractivity contribution in [2.75, 3.05) is 4.90 Å². The fraction of sp³-hybridized carbons (Fsp3) is 0.0192. The van der Waals surface area contributed by atoms with Crippen molar-refractivity contribution >= 4 is 50.0 Å². The van der Waals surface area contributed by atoms with Crippen LogP contribution in [0.4, 0.5) is 17.1 Å². The van der Waals surface area contributed by atoms with Crippen LogP contribution in [0.25, 0.3) is 55.2 Å². The molecule has 8 aromatic carbocycles. The van der Waals surface area contributed by atoms with Crippen LogP contribution in [0, 0.1) is 0 Å². The second-order valence-corrected chi connectivity index (χ2v) is 14.3.